The van der Waals surface area contributed by atoms with Crippen molar-refractivity contribution in [3.05, 3.63) is 12.1 Å². The standard InChI is InChI=1S/C11H14N6O2/c18-11(19)8-3-1-2-7(8)6-12-9-4-5-10-13-15-16-17(10)14-9/h4-5,7-8H,1-3,6H2,(H,12,14)(H,18,19). The number of nitrogens with one attached hydrogen (secondary N) is 1. The molecule has 1 fully saturated rings. The molecule has 8 nitrogen and oxygen atoms in total. The molecule has 0 saturated heterocycles. The lowest BCUT2D eigenvalue weighted by Gasteiger charge is -2.16. The molecule has 1 aliphatic rings. The maximum absolute atomic E-state index is 11.1. The molecule has 19 heavy (non-hydrogen) atoms. The predicted octanol–water partition coefficient (Wildman–Crippen LogP) is 0.432. The second kappa shape index (κ2) is 4.79. The van der Waals surface area contributed by atoms with Crippen LogP contribution in [0.3, 0.4) is 0 Å². The van der Waals surface area contributed by atoms with Crippen molar-refractivity contribution in [1.29, 1.82) is 0 Å². The third kappa shape index (κ3) is 2.33. The Morgan fingerprint density at radius 2 is 2.37 bits per heavy atom. The zero-order chi connectivity index (χ0) is 13.2. The van der Waals surface area contributed by atoms with Gasteiger partial charge in [0, 0.05) is 6.54 Å². The molecule has 0 aromatic carbocycles. The normalized spacial score (nSPS) is 22.7. The molecule has 1 aliphatic carbocycles. The number of carboxylic acids is 1. The molecule has 1 saturated carbocycles. The molecule has 0 bridgehead atoms. The molecule has 2 unspecified atom stereocenters. The number of aliphatic carboxylic acids is 1. The van der Waals surface area contributed by atoms with Crippen LogP contribution in [0.4, 0.5) is 5.82 Å². The first-order valence-corrected chi connectivity index (χ1v) is 6.26. The first-order valence-electron chi connectivity index (χ1n) is 6.26. The minimum Gasteiger partial charge on any atom is -0.481 e. The van der Waals surface area contributed by atoms with Crippen molar-refractivity contribution in [1.82, 2.24) is 25.3 Å². The fraction of sp³-hybridized carbons (Fsp3) is 0.545. The molecule has 0 spiro atoms. The molecular weight excluding hydrogens is 248 g/mol. The zero-order valence-corrected chi connectivity index (χ0v) is 10.2. The number of hydrogen-bond acceptors (Lipinski definition) is 6. The average Bonchev–Trinajstić information content (AvgIpc) is 3.04. The average molecular weight is 262 g/mol. The summed E-state index contributed by atoms with van der Waals surface area (Å²) < 4.78 is 1.34. The van der Waals surface area contributed by atoms with E-state index in [1.165, 1.54) is 4.63 Å². The molecule has 2 heterocycles. The molecule has 8 heteroatoms. The van der Waals surface area contributed by atoms with Crippen LogP contribution in [0.25, 0.3) is 5.65 Å². The van der Waals surface area contributed by atoms with Gasteiger partial charge in [-0.2, -0.15) is 0 Å². The molecule has 3 rings (SSSR count). The number of hydrogen-bond donors (Lipinski definition) is 2. The molecule has 0 aliphatic heterocycles. The van der Waals surface area contributed by atoms with Crippen LogP contribution >= 0.6 is 0 Å². The van der Waals surface area contributed by atoms with Gasteiger partial charge in [-0.05, 0) is 41.3 Å². The highest BCUT2D eigenvalue weighted by Crippen LogP contribution is 2.31. The van der Waals surface area contributed by atoms with Crippen LogP contribution in [0.15, 0.2) is 12.1 Å². The fourth-order valence-corrected chi connectivity index (χ4v) is 2.59. The van der Waals surface area contributed by atoms with Crippen LogP contribution in [-0.2, 0) is 4.79 Å². The summed E-state index contributed by atoms with van der Waals surface area (Å²) in [6, 6.07) is 3.55. The Bertz CT molecular complexity index is 598. The number of carboxylic acid groups (broad SMARTS) is 1. The van der Waals surface area contributed by atoms with Crippen molar-refractivity contribution in [2.75, 3.05) is 11.9 Å². The van der Waals surface area contributed by atoms with E-state index in [0.29, 0.717) is 18.0 Å². The summed E-state index contributed by atoms with van der Waals surface area (Å²) in [5.74, 6) is -0.142. The predicted molar refractivity (Wildman–Crippen MR) is 65.5 cm³/mol. The highest BCUT2D eigenvalue weighted by atomic mass is 16.4. The zero-order valence-electron chi connectivity index (χ0n) is 10.2. The topological polar surface area (TPSA) is 105 Å². The first kappa shape index (κ1) is 11.8. The second-order valence-electron chi connectivity index (χ2n) is 4.76. The number of tetrazole rings is 1. The summed E-state index contributed by atoms with van der Waals surface area (Å²) in [4.78, 5) is 11.1. The summed E-state index contributed by atoms with van der Waals surface area (Å²) in [5.41, 5.74) is 0.579. The highest BCUT2D eigenvalue weighted by molar-refractivity contribution is 5.70. The molecule has 0 radical (unpaired) electrons. The monoisotopic (exact) mass is 262 g/mol. The summed E-state index contributed by atoms with van der Waals surface area (Å²) in [6.07, 6.45) is 2.68. The van der Waals surface area contributed by atoms with Gasteiger partial charge in [-0.3, -0.25) is 4.79 Å². The van der Waals surface area contributed by atoms with Crippen LogP contribution in [0.1, 0.15) is 19.3 Å². The van der Waals surface area contributed by atoms with Crippen LogP contribution in [0.5, 0.6) is 0 Å². The summed E-state index contributed by atoms with van der Waals surface area (Å²) in [6.45, 7) is 0.609. The van der Waals surface area contributed by atoms with E-state index in [2.05, 4.69) is 25.9 Å². The van der Waals surface area contributed by atoms with E-state index in [-0.39, 0.29) is 11.8 Å². The lowest BCUT2D eigenvalue weighted by molar-refractivity contribution is -0.142. The Morgan fingerprint density at radius 1 is 1.47 bits per heavy atom. The van der Waals surface area contributed by atoms with Gasteiger partial charge in [-0.1, -0.05) is 6.42 Å². The van der Waals surface area contributed by atoms with Gasteiger partial charge >= 0.3 is 5.97 Å². The van der Waals surface area contributed by atoms with E-state index in [0.717, 1.165) is 19.3 Å². The summed E-state index contributed by atoms with van der Waals surface area (Å²) in [5, 5.41) is 27.5. The van der Waals surface area contributed by atoms with E-state index >= 15 is 0 Å². The highest BCUT2D eigenvalue weighted by Gasteiger charge is 2.32. The molecule has 2 aromatic heterocycles. The fourth-order valence-electron chi connectivity index (χ4n) is 2.59. The Morgan fingerprint density at radius 3 is 3.21 bits per heavy atom. The van der Waals surface area contributed by atoms with E-state index in [4.69, 9.17) is 5.11 Å². The summed E-state index contributed by atoms with van der Waals surface area (Å²) >= 11 is 0. The van der Waals surface area contributed by atoms with Crippen LogP contribution < -0.4 is 5.32 Å². The minimum absolute atomic E-state index is 0.156. The van der Waals surface area contributed by atoms with Gasteiger partial charge < -0.3 is 10.4 Å². The summed E-state index contributed by atoms with van der Waals surface area (Å²) in [7, 11) is 0. The van der Waals surface area contributed by atoms with Crippen molar-refractivity contribution < 1.29 is 9.90 Å². The van der Waals surface area contributed by atoms with Gasteiger partial charge in [0.2, 0.25) is 0 Å². The largest absolute Gasteiger partial charge is 0.481 e. The van der Waals surface area contributed by atoms with Gasteiger partial charge in [0.15, 0.2) is 5.65 Å². The third-order valence-electron chi connectivity index (χ3n) is 3.59. The number of anilines is 1. The maximum Gasteiger partial charge on any atom is 0.306 e. The maximum atomic E-state index is 11.1. The lowest BCUT2D eigenvalue weighted by atomic mass is 9.96. The number of nitrogens with zero attached hydrogens (tertiary/aromatic N) is 5. The van der Waals surface area contributed by atoms with E-state index in [1.807, 2.05) is 0 Å². The lowest BCUT2D eigenvalue weighted by Crippen LogP contribution is -2.24. The molecule has 2 N–H and O–H groups in total. The first-order chi connectivity index (χ1) is 9.24. The molecule has 2 aromatic rings. The number of rotatable bonds is 4. The van der Waals surface area contributed by atoms with Crippen molar-refractivity contribution in [2.45, 2.75) is 19.3 Å². The SMILES string of the molecule is O=C(O)C1CCCC1CNc1ccc2nnnn2n1. The molecular formula is C11H14N6O2. The van der Waals surface area contributed by atoms with Crippen LogP contribution in [0, 0.1) is 11.8 Å². The number of fused-ring (bicyclic) bond motifs is 1. The molecule has 0 amide bonds. The Balaban J connectivity index is 1.66. The van der Waals surface area contributed by atoms with Crippen LogP contribution in [-0.4, -0.2) is 42.9 Å². The van der Waals surface area contributed by atoms with Gasteiger partial charge in [-0.25, -0.2) is 0 Å². The van der Waals surface area contributed by atoms with Crippen molar-refractivity contribution >= 4 is 17.4 Å². The molecule has 2 atom stereocenters. The quantitative estimate of drug-likeness (QED) is 0.823. The van der Waals surface area contributed by atoms with Crippen LogP contribution in [0.2, 0.25) is 0 Å². The smallest absolute Gasteiger partial charge is 0.306 e. The Kier molecular flexibility index (Phi) is 2.98. The Hall–Kier alpha value is -2.25. The molecule has 100 valence electrons. The van der Waals surface area contributed by atoms with Gasteiger partial charge in [0.05, 0.1) is 5.92 Å². The number of carbonyl (C=O) groups is 1. The van der Waals surface area contributed by atoms with E-state index in [1.54, 1.807) is 12.1 Å². The van der Waals surface area contributed by atoms with Gasteiger partial charge in [0.25, 0.3) is 0 Å². The van der Waals surface area contributed by atoms with Crippen molar-refractivity contribution in [2.24, 2.45) is 11.8 Å². The minimum atomic E-state index is -0.701. The van der Waals surface area contributed by atoms with E-state index < -0.39 is 5.97 Å². The van der Waals surface area contributed by atoms with Gasteiger partial charge in [-0.15, -0.1) is 14.8 Å². The Labute approximate surface area is 108 Å². The third-order valence-corrected chi connectivity index (χ3v) is 3.59. The second-order valence-corrected chi connectivity index (χ2v) is 4.76. The van der Waals surface area contributed by atoms with Crippen molar-refractivity contribution in [3.63, 3.8) is 0 Å². The number of aromatic nitrogens is 5. The van der Waals surface area contributed by atoms with E-state index in [9.17, 15) is 4.79 Å². The van der Waals surface area contributed by atoms with Crippen molar-refractivity contribution in [3.8, 4) is 0 Å². The van der Waals surface area contributed by atoms with Gasteiger partial charge in [0.1, 0.15) is 5.82 Å².